The van der Waals surface area contributed by atoms with Crippen molar-refractivity contribution in [3.05, 3.63) is 17.2 Å². The van der Waals surface area contributed by atoms with Gasteiger partial charge in [-0.2, -0.15) is 4.98 Å². The third-order valence-electron chi connectivity index (χ3n) is 4.54. The molecule has 1 aromatic heterocycles. The molecule has 7 heteroatoms. The Bertz CT molecular complexity index is 760. The van der Waals surface area contributed by atoms with Crippen molar-refractivity contribution < 1.29 is 9.21 Å². The van der Waals surface area contributed by atoms with E-state index in [1.165, 1.54) is 0 Å². The number of hydrogen-bond donors (Lipinski definition) is 1. The number of piperazine rings is 1. The maximum atomic E-state index is 12.1. The molecule has 0 unspecified atom stereocenters. The van der Waals surface area contributed by atoms with Crippen LogP contribution < -0.4 is 15.1 Å². The van der Waals surface area contributed by atoms with Crippen LogP contribution in [0.15, 0.2) is 16.5 Å². The van der Waals surface area contributed by atoms with E-state index < -0.39 is 0 Å². The molecule has 3 heterocycles. The Labute approximate surface area is 139 Å². The molecule has 6 nitrogen and oxygen atoms in total. The highest BCUT2D eigenvalue weighted by Crippen LogP contribution is 2.36. The van der Waals surface area contributed by atoms with E-state index in [9.17, 15) is 4.79 Å². The van der Waals surface area contributed by atoms with Crippen LogP contribution in [0.5, 0.6) is 0 Å². The van der Waals surface area contributed by atoms with E-state index in [0.717, 1.165) is 31.7 Å². The van der Waals surface area contributed by atoms with Crippen molar-refractivity contribution in [1.29, 1.82) is 0 Å². The molecule has 1 amide bonds. The summed E-state index contributed by atoms with van der Waals surface area (Å²) in [7, 11) is 0. The molecule has 2 aliphatic rings. The van der Waals surface area contributed by atoms with Crippen LogP contribution in [-0.4, -0.2) is 43.1 Å². The Morgan fingerprint density at radius 2 is 2.26 bits per heavy atom. The Morgan fingerprint density at radius 3 is 3.00 bits per heavy atom. The second-order valence-corrected chi connectivity index (χ2v) is 6.60. The van der Waals surface area contributed by atoms with Gasteiger partial charge in [0.25, 0.3) is 6.01 Å². The largest absolute Gasteiger partial charge is 0.421 e. The van der Waals surface area contributed by atoms with Crippen molar-refractivity contribution in [2.75, 3.05) is 36.0 Å². The second-order valence-electron chi connectivity index (χ2n) is 6.17. The summed E-state index contributed by atoms with van der Waals surface area (Å²) >= 11 is 6.23. The van der Waals surface area contributed by atoms with Crippen molar-refractivity contribution >= 4 is 40.3 Å². The predicted molar refractivity (Wildman–Crippen MR) is 90.3 cm³/mol. The molecular weight excluding hydrogens is 316 g/mol. The molecule has 2 saturated heterocycles. The smallest absolute Gasteiger partial charge is 0.298 e. The molecule has 0 saturated carbocycles. The molecule has 0 spiro atoms. The van der Waals surface area contributed by atoms with Crippen molar-refractivity contribution in [3.63, 3.8) is 0 Å². The van der Waals surface area contributed by atoms with Crippen molar-refractivity contribution in [2.45, 2.75) is 25.8 Å². The first kappa shape index (κ1) is 14.8. The van der Waals surface area contributed by atoms with E-state index >= 15 is 0 Å². The number of halogens is 1. The summed E-state index contributed by atoms with van der Waals surface area (Å²) in [6, 6.07) is 4.50. The van der Waals surface area contributed by atoms with Gasteiger partial charge in [-0.05, 0) is 25.5 Å². The van der Waals surface area contributed by atoms with Gasteiger partial charge in [0.2, 0.25) is 5.91 Å². The van der Waals surface area contributed by atoms with Gasteiger partial charge in [-0.3, -0.25) is 4.79 Å². The lowest BCUT2D eigenvalue weighted by Crippen LogP contribution is -2.50. The molecule has 1 N–H and O–H groups in total. The van der Waals surface area contributed by atoms with Crippen LogP contribution in [0.2, 0.25) is 5.02 Å². The Balaban J connectivity index is 1.80. The number of aromatic nitrogens is 1. The number of fused-ring (bicyclic) bond motifs is 1. The lowest BCUT2D eigenvalue weighted by molar-refractivity contribution is -0.117. The van der Waals surface area contributed by atoms with E-state index in [0.29, 0.717) is 41.1 Å². The number of nitrogens with one attached hydrogen (secondary N) is 1. The summed E-state index contributed by atoms with van der Waals surface area (Å²) in [5.41, 5.74) is 2.08. The molecule has 2 fully saturated rings. The minimum atomic E-state index is 0.113. The number of nitrogens with zero attached hydrogens (tertiary/aromatic N) is 3. The van der Waals surface area contributed by atoms with E-state index in [1.807, 2.05) is 0 Å². The zero-order valence-electron chi connectivity index (χ0n) is 13.0. The molecule has 4 rings (SSSR count). The van der Waals surface area contributed by atoms with Crippen molar-refractivity contribution in [1.82, 2.24) is 10.3 Å². The van der Waals surface area contributed by atoms with Crippen molar-refractivity contribution in [2.24, 2.45) is 0 Å². The highest BCUT2D eigenvalue weighted by molar-refractivity contribution is 6.32. The third-order valence-corrected chi connectivity index (χ3v) is 4.75. The number of rotatable bonds is 2. The van der Waals surface area contributed by atoms with Gasteiger partial charge in [-0.1, -0.05) is 11.6 Å². The van der Waals surface area contributed by atoms with E-state index in [-0.39, 0.29) is 5.91 Å². The number of hydrogen-bond acceptors (Lipinski definition) is 5. The Morgan fingerprint density at radius 1 is 1.39 bits per heavy atom. The average molecular weight is 335 g/mol. The summed E-state index contributed by atoms with van der Waals surface area (Å²) in [4.78, 5) is 20.6. The fourth-order valence-corrected chi connectivity index (χ4v) is 3.53. The van der Waals surface area contributed by atoms with Gasteiger partial charge < -0.3 is 19.5 Å². The molecule has 2 aliphatic heterocycles. The predicted octanol–water partition coefficient (Wildman–Crippen LogP) is 2.41. The fraction of sp³-hybridized carbons (Fsp3) is 0.500. The normalized spacial score (nSPS) is 22.3. The highest BCUT2D eigenvalue weighted by Gasteiger charge is 2.28. The van der Waals surface area contributed by atoms with Crippen LogP contribution in [0.1, 0.15) is 19.8 Å². The van der Waals surface area contributed by atoms with Gasteiger partial charge in [0, 0.05) is 43.7 Å². The zero-order chi connectivity index (χ0) is 16.0. The molecule has 0 radical (unpaired) electrons. The lowest BCUT2D eigenvalue weighted by Gasteiger charge is -2.32. The van der Waals surface area contributed by atoms with Crippen molar-refractivity contribution in [3.8, 4) is 0 Å². The van der Waals surface area contributed by atoms with Crippen LogP contribution in [0.3, 0.4) is 0 Å². The lowest BCUT2D eigenvalue weighted by atomic mass is 10.2. The number of carbonyl (C=O) groups excluding carboxylic acids is 1. The van der Waals surface area contributed by atoms with Gasteiger partial charge in [0.1, 0.15) is 5.52 Å². The van der Waals surface area contributed by atoms with Gasteiger partial charge >= 0.3 is 0 Å². The minimum Gasteiger partial charge on any atom is -0.421 e. The number of amides is 1. The maximum absolute atomic E-state index is 12.1. The molecule has 23 heavy (non-hydrogen) atoms. The third kappa shape index (κ3) is 2.56. The van der Waals surface area contributed by atoms with Gasteiger partial charge in [0.05, 0.1) is 5.69 Å². The summed E-state index contributed by atoms with van der Waals surface area (Å²) < 4.78 is 6.06. The molecule has 1 aromatic carbocycles. The Hall–Kier alpha value is -1.79. The summed E-state index contributed by atoms with van der Waals surface area (Å²) in [5, 5.41) is 3.92. The second kappa shape index (κ2) is 5.69. The van der Waals surface area contributed by atoms with Crippen LogP contribution in [0, 0.1) is 0 Å². The standard InChI is InChI=1S/C16H19ClN4O2/c1-10-9-18-4-6-20(10)16-19-12-7-11(17)8-13(15(12)23-16)21-5-2-3-14(21)22/h7-8,10,18H,2-6,9H2,1H3/t10-/m0/s1. The minimum absolute atomic E-state index is 0.113. The van der Waals surface area contributed by atoms with Crippen LogP contribution >= 0.6 is 11.6 Å². The first-order valence-corrected chi connectivity index (χ1v) is 8.39. The van der Waals surface area contributed by atoms with Gasteiger partial charge in [0.15, 0.2) is 5.58 Å². The van der Waals surface area contributed by atoms with E-state index in [4.69, 9.17) is 16.0 Å². The molecule has 1 atom stereocenters. The number of carbonyl (C=O) groups is 1. The molecule has 0 bridgehead atoms. The van der Waals surface area contributed by atoms with Gasteiger partial charge in [-0.15, -0.1) is 0 Å². The number of anilines is 2. The number of benzene rings is 1. The van der Waals surface area contributed by atoms with Crippen LogP contribution in [0.25, 0.3) is 11.1 Å². The maximum Gasteiger partial charge on any atom is 0.298 e. The summed E-state index contributed by atoms with van der Waals surface area (Å²) in [5.74, 6) is 0.113. The number of oxazole rings is 1. The van der Waals surface area contributed by atoms with Gasteiger partial charge in [-0.25, -0.2) is 0 Å². The first-order valence-electron chi connectivity index (χ1n) is 8.01. The SMILES string of the molecule is C[C@H]1CNCCN1c1nc2cc(Cl)cc(N3CCCC3=O)c2o1. The summed E-state index contributed by atoms with van der Waals surface area (Å²) in [6.45, 7) is 5.49. The summed E-state index contributed by atoms with van der Waals surface area (Å²) in [6.07, 6.45) is 1.44. The average Bonchev–Trinajstić information content (AvgIpc) is 3.13. The topological polar surface area (TPSA) is 61.6 Å². The van der Waals surface area contributed by atoms with E-state index in [1.54, 1.807) is 17.0 Å². The Kier molecular flexibility index (Phi) is 3.66. The fourth-order valence-electron chi connectivity index (χ4n) is 3.32. The van der Waals surface area contributed by atoms with Crippen LogP contribution in [0.4, 0.5) is 11.7 Å². The molecule has 122 valence electrons. The first-order chi connectivity index (χ1) is 11.1. The van der Waals surface area contributed by atoms with E-state index in [2.05, 4.69) is 22.1 Å². The van der Waals surface area contributed by atoms with Crippen LogP contribution in [-0.2, 0) is 4.79 Å². The molecule has 0 aliphatic carbocycles. The monoisotopic (exact) mass is 334 g/mol. The highest BCUT2D eigenvalue weighted by atomic mass is 35.5. The molecule has 2 aromatic rings. The zero-order valence-corrected chi connectivity index (χ0v) is 13.8. The quantitative estimate of drug-likeness (QED) is 0.913. The molecular formula is C16H19ClN4O2.